The van der Waals surface area contributed by atoms with Crippen LogP contribution < -0.4 is 15.5 Å². The number of methoxy groups -OCH3 is 2. The highest BCUT2D eigenvalue weighted by Crippen LogP contribution is 2.45. The molecule has 0 spiro atoms. The molecule has 0 bridgehead atoms. The highest BCUT2D eigenvalue weighted by molar-refractivity contribution is 6.32. The van der Waals surface area contributed by atoms with E-state index in [1.165, 1.54) is 6.07 Å². The topological polar surface area (TPSA) is 78.8 Å². The molecule has 1 aliphatic rings. The Kier molecular flexibility index (Phi) is 8.21. The molecule has 3 rings (SSSR count). The molecule has 2 heterocycles. The first-order valence-corrected chi connectivity index (χ1v) is 11.6. The molecule has 0 aliphatic carbocycles. The Balaban J connectivity index is 2.12. The van der Waals surface area contributed by atoms with Crippen molar-refractivity contribution in [1.82, 2.24) is 9.88 Å². The van der Waals surface area contributed by atoms with Gasteiger partial charge in [0.05, 0.1) is 23.9 Å². The maximum atomic E-state index is 12.9. The van der Waals surface area contributed by atoms with E-state index in [2.05, 4.69) is 19.2 Å². The largest absolute Gasteiger partial charge is 0.492 e. The summed E-state index contributed by atoms with van der Waals surface area (Å²) in [6.07, 6.45) is 3.12. The number of fused-ring (bicyclic) bond motifs is 3. The standard InChI is InChI=1S/C25H33ClN2O5/c1-6-27-24(30)18-14-28-20(13-21(18)29)17-12-19(26)22(33-9-7-8-31-4)10-16(17)11-23(28)25(2,3)15-32-5/h10,12-14,23H,6-9,11,15H2,1-5H3,(H,27,30). The number of benzene rings is 1. The molecule has 0 radical (unpaired) electrons. The number of hydrogen-bond donors (Lipinski definition) is 1. The summed E-state index contributed by atoms with van der Waals surface area (Å²) < 4.78 is 18.5. The van der Waals surface area contributed by atoms with Crippen molar-refractivity contribution in [2.24, 2.45) is 5.41 Å². The molecule has 1 aromatic carbocycles. The molecule has 1 N–H and O–H groups in total. The number of pyridine rings is 1. The Morgan fingerprint density at radius 1 is 1.21 bits per heavy atom. The molecule has 0 saturated carbocycles. The summed E-state index contributed by atoms with van der Waals surface area (Å²) in [4.78, 5) is 25.4. The van der Waals surface area contributed by atoms with Crippen LogP contribution in [0.25, 0.3) is 11.3 Å². The molecule has 1 unspecified atom stereocenters. The second kappa shape index (κ2) is 10.7. The third kappa shape index (κ3) is 5.42. The fourth-order valence-electron chi connectivity index (χ4n) is 4.38. The monoisotopic (exact) mass is 476 g/mol. The Labute approximate surface area is 200 Å². The van der Waals surface area contributed by atoms with Crippen LogP contribution in [-0.2, 0) is 15.9 Å². The third-order valence-corrected chi connectivity index (χ3v) is 6.31. The van der Waals surface area contributed by atoms with Gasteiger partial charge in [-0.15, -0.1) is 0 Å². The molecule has 7 nitrogen and oxygen atoms in total. The summed E-state index contributed by atoms with van der Waals surface area (Å²) in [5, 5.41) is 3.21. The lowest BCUT2D eigenvalue weighted by Gasteiger charge is -2.40. The van der Waals surface area contributed by atoms with Gasteiger partial charge in [0.15, 0.2) is 5.43 Å². The summed E-state index contributed by atoms with van der Waals surface area (Å²) in [5.74, 6) is 0.245. The van der Waals surface area contributed by atoms with Crippen LogP contribution >= 0.6 is 11.6 Å². The highest BCUT2D eigenvalue weighted by Gasteiger charge is 2.37. The molecular formula is C25H33ClN2O5. The first-order chi connectivity index (χ1) is 15.7. The summed E-state index contributed by atoms with van der Waals surface area (Å²) in [5.41, 5.74) is 2.18. The van der Waals surface area contributed by atoms with Crippen molar-refractivity contribution >= 4 is 17.5 Å². The van der Waals surface area contributed by atoms with Gasteiger partial charge in [-0.1, -0.05) is 25.4 Å². The quantitative estimate of drug-likeness (QED) is 0.522. The molecule has 1 aromatic heterocycles. The molecule has 1 aliphatic heterocycles. The fraction of sp³-hybridized carbons (Fsp3) is 0.520. The van der Waals surface area contributed by atoms with Gasteiger partial charge in [0.1, 0.15) is 11.3 Å². The fourth-order valence-corrected chi connectivity index (χ4v) is 4.59. The van der Waals surface area contributed by atoms with Crippen molar-refractivity contribution in [1.29, 1.82) is 0 Å². The van der Waals surface area contributed by atoms with Crippen LogP contribution in [0, 0.1) is 5.41 Å². The summed E-state index contributed by atoms with van der Waals surface area (Å²) in [6, 6.07) is 5.30. The van der Waals surface area contributed by atoms with E-state index in [0.717, 1.165) is 23.2 Å². The molecule has 0 saturated heterocycles. The number of ether oxygens (including phenoxy) is 3. The van der Waals surface area contributed by atoms with Crippen molar-refractivity contribution < 1.29 is 19.0 Å². The van der Waals surface area contributed by atoms with Gasteiger partial charge in [0, 0.05) is 63.1 Å². The average molecular weight is 477 g/mol. The third-order valence-electron chi connectivity index (χ3n) is 6.01. The Bertz CT molecular complexity index is 1060. The molecule has 0 fully saturated rings. The van der Waals surface area contributed by atoms with Gasteiger partial charge < -0.3 is 24.1 Å². The van der Waals surface area contributed by atoms with E-state index in [0.29, 0.717) is 43.6 Å². The predicted octanol–water partition coefficient (Wildman–Crippen LogP) is 4.10. The number of rotatable bonds is 10. The normalized spacial score (nSPS) is 15.0. The zero-order valence-corrected chi connectivity index (χ0v) is 20.8. The number of nitrogens with zero attached hydrogens (tertiary/aromatic N) is 1. The molecule has 33 heavy (non-hydrogen) atoms. The van der Waals surface area contributed by atoms with Crippen molar-refractivity contribution in [3.8, 4) is 17.0 Å². The van der Waals surface area contributed by atoms with Crippen LogP contribution in [0.3, 0.4) is 0 Å². The molecule has 180 valence electrons. The first-order valence-electron chi connectivity index (χ1n) is 11.2. The Morgan fingerprint density at radius 3 is 2.64 bits per heavy atom. The Hall–Kier alpha value is -2.35. The minimum atomic E-state index is -0.371. The lowest BCUT2D eigenvalue weighted by molar-refractivity contribution is 0.0623. The molecule has 2 aromatic rings. The van der Waals surface area contributed by atoms with Gasteiger partial charge in [0.25, 0.3) is 5.91 Å². The van der Waals surface area contributed by atoms with E-state index in [1.807, 2.05) is 23.6 Å². The molecule has 1 atom stereocenters. The number of hydrogen-bond acceptors (Lipinski definition) is 5. The number of nitrogens with one attached hydrogen (secondary N) is 1. The van der Waals surface area contributed by atoms with E-state index in [-0.39, 0.29) is 28.4 Å². The zero-order valence-electron chi connectivity index (χ0n) is 20.0. The molecule has 1 amide bonds. The van der Waals surface area contributed by atoms with E-state index in [9.17, 15) is 9.59 Å². The SMILES string of the molecule is CCNC(=O)c1cn2c(cc1=O)-c1cc(Cl)c(OCCCOC)cc1CC2C(C)(C)COC. The summed E-state index contributed by atoms with van der Waals surface area (Å²) in [6.45, 7) is 8.14. The number of amides is 1. The van der Waals surface area contributed by atoms with Crippen molar-refractivity contribution in [3.05, 3.63) is 50.8 Å². The predicted molar refractivity (Wildman–Crippen MR) is 130 cm³/mol. The summed E-state index contributed by atoms with van der Waals surface area (Å²) in [7, 11) is 3.33. The van der Waals surface area contributed by atoms with Gasteiger partial charge in [-0.25, -0.2) is 0 Å². The first kappa shape index (κ1) is 25.3. The van der Waals surface area contributed by atoms with E-state index in [4.69, 9.17) is 25.8 Å². The summed E-state index contributed by atoms with van der Waals surface area (Å²) >= 11 is 6.55. The average Bonchev–Trinajstić information content (AvgIpc) is 2.76. The van der Waals surface area contributed by atoms with Crippen LogP contribution in [0.2, 0.25) is 5.02 Å². The number of carbonyl (C=O) groups excluding carboxylic acids is 1. The van der Waals surface area contributed by atoms with Gasteiger partial charge in [-0.3, -0.25) is 9.59 Å². The van der Waals surface area contributed by atoms with Gasteiger partial charge in [-0.05, 0) is 31.0 Å². The zero-order chi connectivity index (χ0) is 24.2. The molecular weight excluding hydrogens is 444 g/mol. The van der Waals surface area contributed by atoms with Crippen LogP contribution in [0.1, 0.15) is 49.2 Å². The second-order valence-corrected chi connectivity index (χ2v) is 9.39. The molecule has 8 heteroatoms. The van der Waals surface area contributed by atoms with E-state index >= 15 is 0 Å². The second-order valence-electron chi connectivity index (χ2n) is 8.98. The highest BCUT2D eigenvalue weighted by atomic mass is 35.5. The van der Waals surface area contributed by atoms with Crippen molar-refractivity contribution in [2.45, 2.75) is 39.7 Å². The number of carbonyl (C=O) groups is 1. The van der Waals surface area contributed by atoms with Gasteiger partial charge >= 0.3 is 0 Å². The lowest BCUT2D eigenvalue weighted by Crippen LogP contribution is -2.38. The smallest absolute Gasteiger partial charge is 0.256 e. The minimum Gasteiger partial charge on any atom is -0.492 e. The Morgan fingerprint density at radius 2 is 1.97 bits per heavy atom. The van der Waals surface area contributed by atoms with E-state index < -0.39 is 0 Å². The van der Waals surface area contributed by atoms with Crippen LogP contribution in [0.15, 0.2) is 29.2 Å². The number of aromatic nitrogens is 1. The van der Waals surface area contributed by atoms with Crippen LogP contribution in [0.4, 0.5) is 0 Å². The lowest BCUT2D eigenvalue weighted by atomic mass is 9.78. The van der Waals surface area contributed by atoms with Crippen molar-refractivity contribution in [3.63, 3.8) is 0 Å². The minimum absolute atomic E-state index is 0.0451. The van der Waals surface area contributed by atoms with Crippen LogP contribution in [-0.4, -0.2) is 51.1 Å². The van der Waals surface area contributed by atoms with Crippen molar-refractivity contribution in [2.75, 3.05) is 40.6 Å². The van der Waals surface area contributed by atoms with Gasteiger partial charge in [-0.2, -0.15) is 0 Å². The number of halogens is 1. The van der Waals surface area contributed by atoms with Gasteiger partial charge in [0.2, 0.25) is 0 Å². The van der Waals surface area contributed by atoms with E-state index in [1.54, 1.807) is 20.4 Å². The van der Waals surface area contributed by atoms with Crippen LogP contribution in [0.5, 0.6) is 5.75 Å². The maximum Gasteiger partial charge on any atom is 0.256 e. The maximum absolute atomic E-state index is 12.9.